The molecule has 0 aliphatic carbocycles. The van der Waals surface area contributed by atoms with Crippen molar-refractivity contribution in [1.82, 2.24) is 4.98 Å². The second-order valence-corrected chi connectivity index (χ2v) is 5.15. The first-order chi connectivity index (χ1) is 8.08. The van der Waals surface area contributed by atoms with Crippen LogP contribution in [0.25, 0.3) is 0 Å². The van der Waals surface area contributed by atoms with Gasteiger partial charge < -0.3 is 5.32 Å². The highest BCUT2D eigenvalue weighted by atomic mass is 79.9. The minimum absolute atomic E-state index is 0.569. The summed E-state index contributed by atoms with van der Waals surface area (Å²) in [6.45, 7) is 1.92. The third kappa shape index (κ3) is 2.92. The van der Waals surface area contributed by atoms with Crippen LogP contribution >= 0.6 is 39.1 Å². The van der Waals surface area contributed by atoms with Crippen LogP contribution in [0.1, 0.15) is 5.69 Å². The van der Waals surface area contributed by atoms with Crippen LogP contribution in [0.2, 0.25) is 10.0 Å². The van der Waals surface area contributed by atoms with Crippen LogP contribution in [0.15, 0.2) is 34.8 Å². The SMILES string of the molecule is Cc1nc(Nc2c(Cl)cccc2Cl)ccc1Br. The van der Waals surface area contributed by atoms with Gasteiger partial charge in [0.15, 0.2) is 0 Å². The molecule has 0 spiro atoms. The predicted molar refractivity (Wildman–Crippen MR) is 76.4 cm³/mol. The summed E-state index contributed by atoms with van der Waals surface area (Å²) in [7, 11) is 0. The summed E-state index contributed by atoms with van der Waals surface area (Å²) in [5.74, 6) is 0.709. The molecule has 88 valence electrons. The molecule has 0 saturated carbocycles. The van der Waals surface area contributed by atoms with Crippen LogP contribution in [0.3, 0.4) is 0 Å². The number of aromatic nitrogens is 1. The van der Waals surface area contributed by atoms with Crippen molar-refractivity contribution >= 4 is 50.6 Å². The van der Waals surface area contributed by atoms with Gasteiger partial charge in [-0.2, -0.15) is 0 Å². The molecule has 0 aliphatic rings. The molecular weight excluding hydrogens is 323 g/mol. The maximum atomic E-state index is 6.07. The van der Waals surface area contributed by atoms with E-state index in [-0.39, 0.29) is 0 Å². The first-order valence-corrected chi connectivity index (χ1v) is 6.47. The minimum Gasteiger partial charge on any atom is -0.338 e. The lowest BCUT2D eigenvalue weighted by atomic mass is 10.3. The molecule has 2 rings (SSSR count). The lowest BCUT2D eigenvalue weighted by molar-refractivity contribution is 1.18. The zero-order valence-corrected chi connectivity index (χ0v) is 12.1. The number of para-hydroxylation sites is 1. The normalized spacial score (nSPS) is 10.4. The monoisotopic (exact) mass is 330 g/mol. The zero-order chi connectivity index (χ0) is 12.4. The van der Waals surface area contributed by atoms with Gasteiger partial charge in [0.25, 0.3) is 0 Å². The fourth-order valence-electron chi connectivity index (χ4n) is 1.36. The smallest absolute Gasteiger partial charge is 0.130 e. The topological polar surface area (TPSA) is 24.9 Å². The summed E-state index contributed by atoms with van der Waals surface area (Å²) in [5.41, 5.74) is 1.57. The van der Waals surface area contributed by atoms with Crippen LogP contribution in [0, 0.1) is 6.92 Å². The van der Waals surface area contributed by atoms with Crippen molar-refractivity contribution in [1.29, 1.82) is 0 Å². The Labute approximate surface area is 118 Å². The van der Waals surface area contributed by atoms with Crippen molar-refractivity contribution in [3.63, 3.8) is 0 Å². The van der Waals surface area contributed by atoms with Crippen molar-refractivity contribution in [3.05, 3.63) is 50.5 Å². The number of nitrogens with zero attached hydrogens (tertiary/aromatic N) is 1. The summed E-state index contributed by atoms with van der Waals surface area (Å²) in [6.07, 6.45) is 0. The maximum Gasteiger partial charge on any atom is 0.130 e. The Morgan fingerprint density at radius 1 is 1.12 bits per heavy atom. The maximum absolute atomic E-state index is 6.07. The van der Waals surface area contributed by atoms with Crippen LogP contribution in [0.4, 0.5) is 11.5 Å². The number of hydrogen-bond acceptors (Lipinski definition) is 2. The highest BCUT2D eigenvalue weighted by Crippen LogP contribution is 2.32. The number of halogens is 3. The van der Waals surface area contributed by atoms with E-state index in [1.807, 2.05) is 19.1 Å². The second kappa shape index (κ2) is 5.25. The Morgan fingerprint density at radius 2 is 1.76 bits per heavy atom. The van der Waals surface area contributed by atoms with Crippen LogP contribution in [-0.2, 0) is 0 Å². The fourth-order valence-corrected chi connectivity index (χ4v) is 2.07. The zero-order valence-electron chi connectivity index (χ0n) is 8.97. The van der Waals surface area contributed by atoms with Gasteiger partial charge in [0.05, 0.1) is 21.4 Å². The second-order valence-electron chi connectivity index (χ2n) is 3.49. The van der Waals surface area contributed by atoms with Gasteiger partial charge in [-0.1, -0.05) is 29.3 Å². The van der Waals surface area contributed by atoms with E-state index in [2.05, 4.69) is 26.2 Å². The minimum atomic E-state index is 0.569. The largest absolute Gasteiger partial charge is 0.338 e. The molecule has 0 atom stereocenters. The molecule has 0 bridgehead atoms. The molecule has 0 aliphatic heterocycles. The molecule has 5 heteroatoms. The van der Waals surface area contributed by atoms with Crippen molar-refractivity contribution < 1.29 is 0 Å². The van der Waals surface area contributed by atoms with E-state index in [1.165, 1.54) is 0 Å². The average Bonchev–Trinajstić information content (AvgIpc) is 2.28. The van der Waals surface area contributed by atoms with E-state index >= 15 is 0 Å². The van der Waals surface area contributed by atoms with Crippen molar-refractivity contribution in [2.24, 2.45) is 0 Å². The van der Waals surface area contributed by atoms with Gasteiger partial charge in [-0.05, 0) is 47.1 Å². The Bertz CT molecular complexity index is 538. The van der Waals surface area contributed by atoms with E-state index in [4.69, 9.17) is 23.2 Å². The summed E-state index contributed by atoms with van der Waals surface area (Å²) >= 11 is 15.5. The van der Waals surface area contributed by atoms with Gasteiger partial charge in [-0.15, -0.1) is 0 Å². The van der Waals surface area contributed by atoms with E-state index in [0.717, 1.165) is 10.2 Å². The third-order valence-electron chi connectivity index (χ3n) is 2.24. The van der Waals surface area contributed by atoms with Crippen molar-refractivity contribution in [2.75, 3.05) is 5.32 Å². The van der Waals surface area contributed by atoms with E-state index in [0.29, 0.717) is 21.6 Å². The van der Waals surface area contributed by atoms with Crippen LogP contribution in [0.5, 0.6) is 0 Å². The number of anilines is 2. The molecule has 2 aromatic rings. The Hall–Kier alpha value is -0.770. The number of hydrogen-bond donors (Lipinski definition) is 1. The number of aryl methyl sites for hydroxylation is 1. The quantitative estimate of drug-likeness (QED) is 0.817. The molecule has 1 heterocycles. The lowest BCUT2D eigenvalue weighted by Gasteiger charge is -2.10. The van der Waals surface area contributed by atoms with Gasteiger partial charge in [0.1, 0.15) is 5.82 Å². The predicted octanol–water partition coefficient (Wildman–Crippen LogP) is 5.20. The highest BCUT2D eigenvalue weighted by Gasteiger charge is 2.06. The first-order valence-electron chi connectivity index (χ1n) is 4.92. The molecule has 1 aromatic carbocycles. The number of rotatable bonds is 2. The molecule has 0 amide bonds. The molecule has 1 N–H and O–H groups in total. The van der Waals surface area contributed by atoms with Gasteiger partial charge in [-0.3, -0.25) is 0 Å². The van der Waals surface area contributed by atoms with Crippen molar-refractivity contribution in [2.45, 2.75) is 6.92 Å². The molecule has 0 saturated heterocycles. The highest BCUT2D eigenvalue weighted by molar-refractivity contribution is 9.10. The van der Waals surface area contributed by atoms with Crippen molar-refractivity contribution in [3.8, 4) is 0 Å². The molecular formula is C12H9BrCl2N2. The fraction of sp³-hybridized carbons (Fsp3) is 0.0833. The summed E-state index contributed by atoms with van der Waals surface area (Å²) in [5, 5.41) is 4.25. The first kappa shape index (κ1) is 12.7. The molecule has 17 heavy (non-hydrogen) atoms. The average molecular weight is 332 g/mol. The Kier molecular flexibility index (Phi) is 3.92. The summed E-state index contributed by atoms with van der Waals surface area (Å²) < 4.78 is 0.966. The van der Waals surface area contributed by atoms with Gasteiger partial charge >= 0.3 is 0 Å². The molecule has 0 radical (unpaired) electrons. The van der Waals surface area contributed by atoms with Crippen LogP contribution < -0.4 is 5.32 Å². The van der Waals surface area contributed by atoms with Gasteiger partial charge in [0, 0.05) is 4.47 Å². The number of pyridine rings is 1. The number of nitrogens with one attached hydrogen (secondary N) is 1. The Morgan fingerprint density at radius 3 is 2.35 bits per heavy atom. The Balaban J connectivity index is 2.35. The van der Waals surface area contributed by atoms with E-state index in [1.54, 1.807) is 18.2 Å². The lowest BCUT2D eigenvalue weighted by Crippen LogP contribution is -1.96. The van der Waals surface area contributed by atoms with E-state index in [9.17, 15) is 0 Å². The van der Waals surface area contributed by atoms with Crippen LogP contribution in [-0.4, -0.2) is 4.98 Å². The molecule has 0 fully saturated rings. The van der Waals surface area contributed by atoms with E-state index < -0.39 is 0 Å². The standard InChI is InChI=1S/C12H9BrCl2N2/c1-7-8(13)5-6-11(16-7)17-12-9(14)3-2-4-10(12)15/h2-6H,1H3,(H,16,17). The molecule has 1 aromatic heterocycles. The molecule has 0 unspecified atom stereocenters. The summed E-state index contributed by atoms with van der Waals surface area (Å²) in [4.78, 5) is 4.37. The molecule has 2 nitrogen and oxygen atoms in total. The van der Waals surface area contributed by atoms with Gasteiger partial charge in [-0.25, -0.2) is 4.98 Å². The number of benzene rings is 1. The third-order valence-corrected chi connectivity index (χ3v) is 3.71. The van der Waals surface area contributed by atoms with Gasteiger partial charge in [0.2, 0.25) is 0 Å². The summed E-state index contributed by atoms with van der Waals surface area (Å²) in [6, 6.07) is 9.14.